The van der Waals surface area contributed by atoms with Gasteiger partial charge in [0, 0.05) is 0 Å². The Morgan fingerprint density at radius 3 is 0.400 bits per heavy atom. The van der Waals surface area contributed by atoms with Crippen molar-refractivity contribution >= 4 is 139 Å². The van der Waals surface area contributed by atoms with E-state index in [4.69, 9.17) is 139 Å². The highest BCUT2D eigenvalue weighted by atomic mass is 35.5. The standard InChI is InChI=1S/2C4Cl6/c2*5-1(3(7)8)2(6)4(9)10. The summed E-state index contributed by atoms with van der Waals surface area (Å²) in [4.78, 5) is 0. The summed E-state index contributed by atoms with van der Waals surface area (Å²) in [7, 11) is 0. The van der Waals surface area contributed by atoms with Crippen LogP contribution in [0.1, 0.15) is 0 Å². The van der Waals surface area contributed by atoms with Gasteiger partial charge in [0.2, 0.25) is 0 Å². The summed E-state index contributed by atoms with van der Waals surface area (Å²) in [6.07, 6.45) is 0. The van der Waals surface area contributed by atoms with Gasteiger partial charge in [-0.05, 0) is 0 Å². The molecule has 0 aromatic heterocycles. The van der Waals surface area contributed by atoms with E-state index in [2.05, 4.69) is 0 Å². The zero-order valence-electron chi connectivity index (χ0n) is 8.54. The lowest BCUT2D eigenvalue weighted by Gasteiger charge is -1.94. The highest BCUT2D eigenvalue weighted by Crippen LogP contribution is 2.33. The van der Waals surface area contributed by atoms with Crippen LogP contribution >= 0.6 is 139 Å². The minimum absolute atomic E-state index is 0.0648. The third-order valence-corrected chi connectivity index (χ3v) is 5.04. The minimum atomic E-state index is -0.175. The van der Waals surface area contributed by atoms with Crippen LogP contribution in [0, 0.1) is 0 Å². The van der Waals surface area contributed by atoms with Crippen LogP contribution in [0.2, 0.25) is 0 Å². The Balaban J connectivity index is 0. The molecule has 0 unspecified atom stereocenters. The predicted octanol–water partition coefficient (Wildman–Crippen LogP) is 9.51. The second kappa shape index (κ2) is 12.8. The van der Waals surface area contributed by atoms with Crippen molar-refractivity contribution in [3.8, 4) is 0 Å². The van der Waals surface area contributed by atoms with Crippen LogP contribution < -0.4 is 0 Å². The average molecular weight is 522 g/mol. The fraction of sp³-hybridized carbons (Fsp3) is 0. The first-order valence-corrected chi connectivity index (χ1v) is 8.30. The molecule has 20 heavy (non-hydrogen) atoms. The average Bonchev–Trinajstić information content (AvgIpc) is 2.35. The van der Waals surface area contributed by atoms with Crippen molar-refractivity contribution in [2.45, 2.75) is 0 Å². The SMILES string of the molecule is ClC(Cl)=C(Cl)C(Cl)=C(Cl)Cl.ClC(Cl)=C(Cl)C(Cl)=C(Cl)Cl. The molecule has 0 rings (SSSR count). The van der Waals surface area contributed by atoms with Gasteiger partial charge in [0.1, 0.15) is 18.0 Å². The van der Waals surface area contributed by atoms with E-state index in [0.717, 1.165) is 0 Å². The normalized spacial score (nSPS) is 9.00. The second-order valence-corrected chi connectivity index (χ2v) is 7.61. The quantitative estimate of drug-likeness (QED) is 0.318. The molecule has 12 heteroatoms. The Hall–Kier alpha value is 2.44. The molecule has 0 aliphatic rings. The van der Waals surface area contributed by atoms with E-state index in [-0.39, 0.29) is 38.1 Å². The Bertz CT molecular complexity index is 364. The highest BCUT2D eigenvalue weighted by molar-refractivity contribution is 6.66. The summed E-state index contributed by atoms with van der Waals surface area (Å²) in [5.41, 5.74) is 0. The van der Waals surface area contributed by atoms with Crippen LogP contribution in [0.3, 0.4) is 0 Å². The Morgan fingerprint density at radius 1 is 0.250 bits per heavy atom. The maximum Gasteiger partial charge on any atom is 0.127 e. The van der Waals surface area contributed by atoms with E-state index >= 15 is 0 Å². The topological polar surface area (TPSA) is 0 Å². The van der Waals surface area contributed by atoms with Crippen molar-refractivity contribution in [3.63, 3.8) is 0 Å². The molecular weight excluding hydrogens is 522 g/mol. The van der Waals surface area contributed by atoms with Gasteiger partial charge in [-0.25, -0.2) is 0 Å². The molecule has 0 aromatic rings. The Labute approximate surface area is 175 Å². The first kappa shape index (κ1) is 24.7. The van der Waals surface area contributed by atoms with Gasteiger partial charge in [-0.1, -0.05) is 139 Å². The zero-order chi connectivity index (χ0) is 16.6. The van der Waals surface area contributed by atoms with Gasteiger partial charge >= 0.3 is 0 Å². The Kier molecular flexibility index (Phi) is 15.8. The van der Waals surface area contributed by atoms with Gasteiger partial charge in [-0.3, -0.25) is 0 Å². The van der Waals surface area contributed by atoms with E-state index in [1.54, 1.807) is 0 Å². The molecule has 0 heterocycles. The molecule has 0 spiro atoms. The second-order valence-electron chi connectivity index (χ2n) is 2.30. The maximum atomic E-state index is 5.42. The molecule has 0 saturated carbocycles. The molecule has 0 saturated heterocycles. The zero-order valence-corrected chi connectivity index (χ0v) is 17.6. The fourth-order valence-electron chi connectivity index (χ4n) is 0.332. The molecule has 0 radical (unpaired) electrons. The van der Waals surface area contributed by atoms with Crippen LogP contribution in [-0.4, -0.2) is 0 Å². The van der Waals surface area contributed by atoms with Crippen molar-refractivity contribution < 1.29 is 0 Å². The number of halogens is 12. The maximum absolute atomic E-state index is 5.42. The van der Waals surface area contributed by atoms with Crippen LogP contribution in [-0.2, 0) is 0 Å². The third-order valence-electron chi connectivity index (χ3n) is 1.05. The molecule has 0 bridgehead atoms. The number of rotatable bonds is 2. The summed E-state index contributed by atoms with van der Waals surface area (Å²) >= 11 is 63.6. The highest BCUT2D eigenvalue weighted by Gasteiger charge is 2.07. The number of hydrogen-bond acceptors (Lipinski definition) is 0. The molecule has 116 valence electrons. The molecule has 0 amide bonds. The summed E-state index contributed by atoms with van der Waals surface area (Å²) in [6, 6.07) is 0. The summed E-state index contributed by atoms with van der Waals surface area (Å²) in [6.45, 7) is 0. The van der Waals surface area contributed by atoms with E-state index in [0.29, 0.717) is 0 Å². The van der Waals surface area contributed by atoms with E-state index in [1.165, 1.54) is 0 Å². The number of allylic oxidation sites excluding steroid dienone is 4. The van der Waals surface area contributed by atoms with Crippen molar-refractivity contribution in [1.82, 2.24) is 0 Å². The molecule has 0 N–H and O–H groups in total. The summed E-state index contributed by atoms with van der Waals surface area (Å²) in [5.74, 6) is 0. The first-order chi connectivity index (χ1) is 8.93. The van der Waals surface area contributed by atoms with Gasteiger partial charge in [-0.15, -0.1) is 0 Å². The first-order valence-electron chi connectivity index (χ1n) is 3.77. The van der Waals surface area contributed by atoms with Crippen molar-refractivity contribution in [2.75, 3.05) is 0 Å². The predicted molar refractivity (Wildman–Crippen MR) is 98.3 cm³/mol. The summed E-state index contributed by atoms with van der Waals surface area (Å²) < 4.78 is -0.702. The van der Waals surface area contributed by atoms with Gasteiger partial charge < -0.3 is 0 Å². The fourth-order valence-corrected chi connectivity index (χ4v) is 1.85. The van der Waals surface area contributed by atoms with E-state index < -0.39 is 0 Å². The van der Waals surface area contributed by atoms with E-state index in [1.807, 2.05) is 0 Å². The van der Waals surface area contributed by atoms with Crippen LogP contribution in [0.4, 0.5) is 0 Å². The van der Waals surface area contributed by atoms with Gasteiger partial charge in [-0.2, -0.15) is 0 Å². The van der Waals surface area contributed by atoms with Crippen molar-refractivity contribution in [1.29, 1.82) is 0 Å². The third kappa shape index (κ3) is 11.0. The van der Waals surface area contributed by atoms with E-state index in [9.17, 15) is 0 Å². The smallest absolute Gasteiger partial charge is 0.0800 e. The molecule has 0 nitrogen and oxygen atoms in total. The van der Waals surface area contributed by atoms with Gasteiger partial charge in [0.25, 0.3) is 0 Å². The summed E-state index contributed by atoms with van der Waals surface area (Å²) in [5, 5.41) is -0.259. The lowest BCUT2D eigenvalue weighted by Crippen LogP contribution is -1.73. The monoisotopic (exact) mass is 516 g/mol. The molecule has 0 aliphatic carbocycles. The molecular formula is C8Cl12. The largest absolute Gasteiger partial charge is 0.127 e. The lowest BCUT2D eigenvalue weighted by molar-refractivity contribution is 1.84. The number of hydrogen-bond donors (Lipinski definition) is 0. The molecule has 0 aromatic carbocycles. The van der Waals surface area contributed by atoms with Gasteiger partial charge in [0.05, 0.1) is 20.1 Å². The lowest BCUT2D eigenvalue weighted by atomic mass is 10.6. The van der Waals surface area contributed by atoms with Crippen LogP contribution in [0.5, 0.6) is 0 Å². The minimum Gasteiger partial charge on any atom is -0.0800 e. The Morgan fingerprint density at radius 2 is 0.350 bits per heavy atom. The van der Waals surface area contributed by atoms with Crippen LogP contribution in [0.25, 0.3) is 0 Å². The molecule has 0 fully saturated rings. The van der Waals surface area contributed by atoms with Crippen molar-refractivity contribution in [3.05, 3.63) is 38.1 Å². The van der Waals surface area contributed by atoms with Crippen LogP contribution in [0.15, 0.2) is 38.1 Å². The van der Waals surface area contributed by atoms with Gasteiger partial charge in [0.15, 0.2) is 0 Å². The molecule has 0 atom stereocenters. The molecule has 0 aliphatic heterocycles. The van der Waals surface area contributed by atoms with Crippen molar-refractivity contribution in [2.24, 2.45) is 0 Å².